The number of hydrogen-bond donors (Lipinski definition) is 0. The van der Waals surface area contributed by atoms with Gasteiger partial charge in [-0.15, -0.1) is 0 Å². The molecule has 1 aromatic heterocycles. The quantitative estimate of drug-likeness (QED) is 0.598. The van der Waals surface area contributed by atoms with Crippen molar-refractivity contribution >= 4 is 11.7 Å². The topological polar surface area (TPSA) is 81.3 Å². The van der Waals surface area contributed by atoms with E-state index in [4.69, 9.17) is 0 Å². The molecule has 1 aliphatic heterocycles. The maximum Gasteiger partial charge on any atom is 0.381 e. The molecule has 2 heterocycles. The Morgan fingerprint density at radius 3 is 2.78 bits per heavy atom. The maximum atomic E-state index is 13.0. The predicted octanol–water partition coefficient (Wildman–Crippen LogP) is 3.42. The van der Waals surface area contributed by atoms with Crippen molar-refractivity contribution in [1.29, 1.82) is 0 Å². The van der Waals surface area contributed by atoms with E-state index >= 15 is 0 Å². The van der Waals surface area contributed by atoms with Gasteiger partial charge < -0.3 is 19.6 Å². The Balaban J connectivity index is 1.51. The van der Waals surface area contributed by atoms with Crippen molar-refractivity contribution in [1.82, 2.24) is 14.5 Å². The van der Waals surface area contributed by atoms with Crippen molar-refractivity contribution in [2.24, 2.45) is 5.92 Å². The Hall–Kier alpha value is -2.70. The zero-order valence-corrected chi connectivity index (χ0v) is 15.5. The van der Waals surface area contributed by atoms with E-state index in [1.807, 2.05) is 23.1 Å². The first-order valence-corrected chi connectivity index (χ1v) is 9.56. The summed E-state index contributed by atoms with van der Waals surface area (Å²) in [6.45, 7) is 2.96. The van der Waals surface area contributed by atoms with Crippen LogP contribution in [0.25, 0.3) is 0 Å². The third-order valence-corrected chi connectivity index (χ3v) is 6.21. The third-order valence-electron chi connectivity index (χ3n) is 6.21. The Labute approximate surface area is 158 Å². The number of imidazole rings is 1. The minimum absolute atomic E-state index is 0.118. The Morgan fingerprint density at radius 2 is 2.11 bits per heavy atom. The van der Waals surface area contributed by atoms with Crippen LogP contribution in [-0.2, 0) is 16.9 Å². The molecule has 1 saturated heterocycles. The zero-order chi connectivity index (χ0) is 19.0. The van der Waals surface area contributed by atoms with E-state index in [2.05, 4.69) is 17.1 Å². The van der Waals surface area contributed by atoms with Crippen LogP contribution in [0.4, 0.5) is 5.82 Å². The number of carbonyl (C=O) groups excluding carboxylic acids is 1. The fraction of sp³-hybridized carbons (Fsp3) is 0.500. The van der Waals surface area contributed by atoms with Crippen molar-refractivity contribution in [3.05, 3.63) is 58.0 Å². The minimum Gasteiger partial charge on any atom is -0.358 e. The number of carbonyl (C=O) groups is 1. The average Bonchev–Trinajstić information content (AvgIpc) is 3.03. The first-order valence-electron chi connectivity index (χ1n) is 9.56. The molecule has 1 saturated carbocycles. The normalized spacial score (nSPS) is 24.2. The first-order chi connectivity index (χ1) is 13.0. The highest BCUT2D eigenvalue weighted by Crippen LogP contribution is 2.53. The number of benzene rings is 1. The lowest BCUT2D eigenvalue weighted by Gasteiger charge is -2.61. The average molecular weight is 368 g/mol. The second-order valence-electron chi connectivity index (χ2n) is 7.58. The molecule has 4 rings (SSSR count). The van der Waals surface area contributed by atoms with E-state index in [1.54, 1.807) is 11.5 Å². The van der Waals surface area contributed by atoms with E-state index in [0.29, 0.717) is 24.7 Å². The van der Waals surface area contributed by atoms with E-state index in [0.717, 1.165) is 19.4 Å². The van der Waals surface area contributed by atoms with E-state index < -0.39 is 4.92 Å². The standard InChI is InChI=1S/C20H24N4O3/c1-15-21-18(24(26)27)14-22(15)12-10-19(25)23-13-17-9-5-6-11-20(17,23)16-7-3-2-4-8-16/h2-4,7-8,14,17H,5-6,9-13H2,1H3. The molecule has 7 nitrogen and oxygen atoms in total. The molecular weight excluding hydrogens is 344 g/mol. The van der Waals surface area contributed by atoms with Crippen molar-refractivity contribution in [3.63, 3.8) is 0 Å². The fourth-order valence-electron chi connectivity index (χ4n) is 4.84. The van der Waals surface area contributed by atoms with Gasteiger partial charge in [0.05, 0.1) is 5.54 Å². The molecule has 142 valence electrons. The summed E-state index contributed by atoms with van der Waals surface area (Å²) in [6, 6.07) is 10.4. The number of likely N-dealkylation sites (tertiary alicyclic amines) is 1. The number of amides is 1. The van der Waals surface area contributed by atoms with Crippen LogP contribution in [0, 0.1) is 23.0 Å². The highest BCUT2D eigenvalue weighted by atomic mass is 16.6. The summed E-state index contributed by atoms with van der Waals surface area (Å²) >= 11 is 0. The Bertz CT molecular complexity index is 863. The third kappa shape index (κ3) is 2.91. The summed E-state index contributed by atoms with van der Waals surface area (Å²) < 4.78 is 1.70. The van der Waals surface area contributed by atoms with Gasteiger partial charge in [-0.1, -0.05) is 43.2 Å². The number of nitro groups is 1. The highest BCUT2D eigenvalue weighted by Gasteiger charge is 2.56. The van der Waals surface area contributed by atoms with Crippen LogP contribution in [-0.4, -0.2) is 31.8 Å². The lowest BCUT2D eigenvalue weighted by molar-refractivity contribution is -0.389. The van der Waals surface area contributed by atoms with Crippen LogP contribution in [0.3, 0.4) is 0 Å². The van der Waals surface area contributed by atoms with Crippen LogP contribution in [0.2, 0.25) is 0 Å². The number of hydrogen-bond acceptors (Lipinski definition) is 4. The number of rotatable bonds is 5. The molecule has 0 bridgehead atoms. The molecule has 2 fully saturated rings. The van der Waals surface area contributed by atoms with Crippen LogP contribution < -0.4 is 0 Å². The molecule has 2 aromatic rings. The van der Waals surface area contributed by atoms with Gasteiger partial charge >= 0.3 is 5.82 Å². The lowest BCUT2D eigenvalue weighted by atomic mass is 9.61. The summed E-state index contributed by atoms with van der Waals surface area (Å²) in [4.78, 5) is 29.4. The smallest absolute Gasteiger partial charge is 0.358 e. The zero-order valence-electron chi connectivity index (χ0n) is 15.5. The molecule has 7 heteroatoms. The Kier molecular flexibility index (Phi) is 4.45. The molecule has 0 spiro atoms. The van der Waals surface area contributed by atoms with Crippen molar-refractivity contribution in [3.8, 4) is 0 Å². The molecule has 2 aliphatic rings. The fourth-order valence-corrected chi connectivity index (χ4v) is 4.84. The molecule has 27 heavy (non-hydrogen) atoms. The van der Waals surface area contributed by atoms with Gasteiger partial charge in [0.1, 0.15) is 6.20 Å². The van der Waals surface area contributed by atoms with Gasteiger partial charge in [0.2, 0.25) is 11.7 Å². The van der Waals surface area contributed by atoms with Gasteiger partial charge in [-0.2, -0.15) is 0 Å². The second-order valence-corrected chi connectivity index (χ2v) is 7.58. The summed E-state index contributed by atoms with van der Waals surface area (Å²) in [6.07, 6.45) is 6.31. The van der Waals surface area contributed by atoms with Crippen LogP contribution in [0.1, 0.15) is 43.5 Å². The van der Waals surface area contributed by atoms with Gasteiger partial charge in [0, 0.05) is 32.4 Å². The summed E-state index contributed by atoms with van der Waals surface area (Å²) in [5.41, 5.74) is 1.08. The molecular formula is C20H24N4O3. The summed E-state index contributed by atoms with van der Waals surface area (Å²) in [5.74, 6) is 1.05. The molecule has 0 N–H and O–H groups in total. The van der Waals surface area contributed by atoms with Gasteiger partial charge in [-0.3, -0.25) is 4.79 Å². The van der Waals surface area contributed by atoms with Crippen LogP contribution in [0.15, 0.2) is 36.5 Å². The molecule has 2 atom stereocenters. The first kappa shape index (κ1) is 17.7. The van der Waals surface area contributed by atoms with E-state index in [1.165, 1.54) is 24.6 Å². The van der Waals surface area contributed by atoms with Crippen LogP contribution in [0.5, 0.6) is 0 Å². The SMILES string of the molecule is Cc1nc([N+](=O)[O-])cn1CCC(=O)N1CC2CCCCC21c1ccccc1. The number of aryl methyl sites for hydroxylation is 2. The molecule has 1 aliphatic carbocycles. The van der Waals surface area contributed by atoms with Crippen molar-refractivity contribution in [2.45, 2.75) is 51.1 Å². The molecule has 1 aromatic carbocycles. The van der Waals surface area contributed by atoms with E-state index in [-0.39, 0.29) is 17.3 Å². The lowest BCUT2D eigenvalue weighted by Crippen LogP contribution is -2.67. The maximum absolute atomic E-state index is 13.0. The predicted molar refractivity (Wildman–Crippen MR) is 100 cm³/mol. The van der Waals surface area contributed by atoms with Gasteiger partial charge in [-0.05, 0) is 28.3 Å². The minimum atomic E-state index is -0.502. The Morgan fingerprint density at radius 1 is 1.33 bits per heavy atom. The summed E-state index contributed by atoms with van der Waals surface area (Å²) in [7, 11) is 0. The number of fused-ring (bicyclic) bond motifs is 1. The van der Waals surface area contributed by atoms with Crippen molar-refractivity contribution in [2.75, 3.05) is 6.54 Å². The van der Waals surface area contributed by atoms with E-state index in [9.17, 15) is 14.9 Å². The van der Waals surface area contributed by atoms with Crippen LogP contribution >= 0.6 is 0 Å². The number of nitrogens with zero attached hydrogens (tertiary/aromatic N) is 4. The monoisotopic (exact) mass is 368 g/mol. The largest absolute Gasteiger partial charge is 0.381 e. The number of aromatic nitrogens is 2. The molecule has 2 unspecified atom stereocenters. The summed E-state index contributed by atoms with van der Waals surface area (Å²) in [5, 5.41) is 10.9. The molecule has 0 radical (unpaired) electrons. The van der Waals surface area contributed by atoms with Gasteiger partial charge in [0.25, 0.3) is 0 Å². The van der Waals surface area contributed by atoms with Crippen molar-refractivity contribution < 1.29 is 9.72 Å². The van der Waals surface area contributed by atoms with Gasteiger partial charge in [-0.25, -0.2) is 0 Å². The molecule has 1 amide bonds. The second kappa shape index (κ2) is 6.79. The van der Waals surface area contributed by atoms with Gasteiger partial charge in [0.15, 0.2) is 0 Å². The highest BCUT2D eigenvalue weighted by molar-refractivity contribution is 5.78.